The number of aromatic nitrogens is 4. The molecule has 9 nitrogen and oxygen atoms in total. The predicted molar refractivity (Wildman–Crippen MR) is 136 cm³/mol. The third-order valence-electron chi connectivity index (χ3n) is 5.62. The van der Waals surface area contributed by atoms with Crippen molar-refractivity contribution in [2.45, 2.75) is 32.9 Å². The van der Waals surface area contributed by atoms with E-state index in [9.17, 15) is 4.79 Å². The zero-order chi connectivity index (χ0) is 25.1. The molecule has 1 unspecified atom stereocenters. The Morgan fingerprint density at radius 1 is 0.971 bits per heavy atom. The van der Waals surface area contributed by atoms with Crippen LogP contribution >= 0.6 is 0 Å². The van der Waals surface area contributed by atoms with Crippen LogP contribution < -0.4 is 19.7 Å². The minimum Gasteiger partial charge on any atom is -0.497 e. The number of fused-ring (bicyclic) bond motifs is 1. The van der Waals surface area contributed by atoms with Gasteiger partial charge in [0.15, 0.2) is 0 Å². The van der Waals surface area contributed by atoms with Crippen molar-refractivity contribution in [2.24, 2.45) is 7.05 Å². The van der Waals surface area contributed by atoms with Crippen molar-refractivity contribution in [3.05, 3.63) is 55.0 Å². The highest BCUT2D eigenvalue weighted by atomic mass is 16.5. The quantitative estimate of drug-likeness (QED) is 0.411. The Kier molecular flexibility index (Phi) is 6.86. The van der Waals surface area contributed by atoms with Gasteiger partial charge in [-0.1, -0.05) is 0 Å². The number of nitrogens with one attached hydrogen (secondary N) is 1. The lowest BCUT2D eigenvalue weighted by molar-refractivity contribution is -0.122. The van der Waals surface area contributed by atoms with Gasteiger partial charge < -0.3 is 19.7 Å². The van der Waals surface area contributed by atoms with Crippen LogP contribution in [0.5, 0.6) is 11.5 Å². The molecule has 1 atom stereocenters. The first kappa shape index (κ1) is 24.0. The average Bonchev–Trinajstić information content (AvgIpc) is 3.29. The first-order valence-corrected chi connectivity index (χ1v) is 11.4. The lowest BCUT2D eigenvalue weighted by Gasteiger charge is -2.31. The molecule has 9 heteroatoms. The van der Waals surface area contributed by atoms with E-state index in [4.69, 9.17) is 14.5 Å². The predicted octanol–water partition coefficient (Wildman–Crippen LogP) is 4.10. The van der Waals surface area contributed by atoms with Crippen LogP contribution in [0.4, 0.5) is 11.4 Å². The second-order valence-electron chi connectivity index (χ2n) is 8.61. The zero-order valence-corrected chi connectivity index (χ0v) is 20.8. The number of methoxy groups -OCH3 is 2. The van der Waals surface area contributed by atoms with E-state index < -0.39 is 6.04 Å². The van der Waals surface area contributed by atoms with Crippen molar-refractivity contribution >= 4 is 28.3 Å². The van der Waals surface area contributed by atoms with E-state index in [1.54, 1.807) is 37.4 Å². The molecule has 4 rings (SSSR count). The number of carbonyl (C=O) groups is 1. The summed E-state index contributed by atoms with van der Waals surface area (Å²) in [6, 6.07) is 10.8. The van der Waals surface area contributed by atoms with Gasteiger partial charge in [0, 0.05) is 54.4 Å². The largest absolute Gasteiger partial charge is 0.497 e. The van der Waals surface area contributed by atoms with Gasteiger partial charge in [0.1, 0.15) is 17.5 Å². The number of nitrogens with zero attached hydrogens (tertiary/aromatic N) is 5. The van der Waals surface area contributed by atoms with Crippen molar-refractivity contribution in [2.75, 3.05) is 19.1 Å². The van der Waals surface area contributed by atoms with Crippen molar-refractivity contribution < 1.29 is 14.3 Å². The molecule has 0 saturated heterocycles. The van der Waals surface area contributed by atoms with Gasteiger partial charge in [0.05, 0.1) is 43.3 Å². The molecule has 0 spiro atoms. The van der Waals surface area contributed by atoms with Crippen molar-refractivity contribution in [1.82, 2.24) is 25.1 Å². The molecule has 0 fully saturated rings. The highest BCUT2D eigenvalue weighted by molar-refractivity contribution is 5.90. The molecule has 0 bridgehead atoms. The SMILES string of the molecule is COc1cc(OC)cc(N(c2ccc3ncc(-c4cnn(C)c4)nc3c2)C(C)C(=O)NC(C)C)c1. The van der Waals surface area contributed by atoms with E-state index in [1.165, 1.54) is 0 Å². The number of hydrogen-bond donors (Lipinski definition) is 1. The molecule has 1 amide bonds. The molecule has 0 saturated carbocycles. The van der Waals surface area contributed by atoms with Gasteiger partial charge in [-0.2, -0.15) is 5.10 Å². The van der Waals surface area contributed by atoms with Gasteiger partial charge in [-0.3, -0.25) is 14.5 Å². The number of hydrogen-bond acceptors (Lipinski definition) is 7. The van der Waals surface area contributed by atoms with Crippen molar-refractivity contribution in [3.63, 3.8) is 0 Å². The van der Waals surface area contributed by atoms with Gasteiger partial charge in [-0.15, -0.1) is 0 Å². The van der Waals surface area contributed by atoms with Gasteiger partial charge >= 0.3 is 0 Å². The van der Waals surface area contributed by atoms with Crippen molar-refractivity contribution in [3.8, 4) is 22.8 Å². The minimum atomic E-state index is -0.527. The Bertz CT molecular complexity index is 1330. The molecule has 1 N–H and O–H groups in total. The summed E-state index contributed by atoms with van der Waals surface area (Å²) in [4.78, 5) is 24.4. The minimum absolute atomic E-state index is 0.0103. The first-order chi connectivity index (χ1) is 16.8. The van der Waals surface area contributed by atoms with Crippen LogP contribution in [0.2, 0.25) is 0 Å². The van der Waals surface area contributed by atoms with E-state index >= 15 is 0 Å². The van der Waals surface area contributed by atoms with Gasteiger partial charge in [-0.05, 0) is 39.0 Å². The molecule has 0 radical (unpaired) electrons. The van der Waals surface area contributed by atoms with Crippen LogP contribution in [0.15, 0.2) is 55.0 Å². The highest BCUT2D eigenvalue weighted by Crippen LogP contribution is 2.35. The number of carbonyl (C=O) groups excluding carboxylic acids is 1. The fraction of sp³-hybridized carbons (Fsp3) is 0.308. The van der Waals surface area contributed by atoms with Gasteiger partial charge in [-0.25, -0.2) is 4.98 Å². The Balaban J connectivity index is 1.84. The smallest absolute Gasteiger partial charge is 0.242 e. The Morgan fingerprint density at radius 3 is 2.29 bits per heavy atom. The normalized spacial score (nSPS) is 12.0. The topological polar surface area (TPSA) is 94.4 Å². The average molecular weight is 475 g/mol. The molecular weight excluding hydrogens is 444 g/mol. The number of ether oxygens (including phenoxy) is 2. The Hall–Kier alpha value is -4.14. The molecule has 4 aromatic rings. The van der Waals surface area contributed by atoms with E-state index in [1.807, 2.05) is 69.2 Å². The molecule has 35 heavy (non-hydrogen) atoms. The second kappa shape index (κ2) is 10.0. The number of benzene rings is 2. The van der Waals surface area contributed by atoms with E-state index in [0.717, 1.165) is 28.1 Å². The van der Waals surface area contributed by atoms with Gasteiger partial charge in [0.25, 0.3) is 0 Å². The van der Waals surface area contributed by atoms with Crippen LogP contribution in [0, 0.1) is 0 Å². The van der Waals surface area contributed by atoms with Crippen LogP contribution in [-0.4, -0.2) is 52.0 Å². The molecule has 0 aliphatic carbocycles. The number of rotatable bonds is 8. The van der Waals surface area contributed by atoms with Crippen LogP contribution in [0.3, 0.4) is 0 Å². The molecule has 2 aromatic carbocycles. The van der Waals surface area contributed by atoms with E-state index in [-0.39, 0.29) is 11.9 Å². The molecule has 2 aromatic heterocycles. The third kappa shape index (κ3) is 5.18. The van der Waals surface area contributed by atoms with Crippen molar-refractivity contribution in [1.29, 1.82) is 0 Å². The lowest BCUT2D eigenvalue weighted by Crippen LogP contribution is -2.45. The number of aryl methyl sites for hydroxylation is 1. The summed E-state index contributed by atoms with van der Waals surface area (Å²) in [5.74, 6) is 1.15. The molecular formula is C26H30N6O3. The number of amides is 1. The van der Waals surface area contributed by atoms with E-state index in [2.05, 4.69) is 15.4 Å². The molecule has 0 aliphatic heterocycles. The van der Waals surface area contributed by atoms with Crippen LogP contribution in [0.1, 0.15) is 20.8 Å². The maximum absolute atomic E-state index is 13.1. The standard InChI is InChI=1S/C26H30N6O3/c1-16(2)29-26(33)17(3)32(20-9-21(34-5)12-22(10-20)35-6)19-7-8-23-24(11-19)30-25(14-27-23)18-13-28-31(4)15-18/h7-17H,1-6H3,(H,29,33). The highest BCUT2D eigenvalue weighted by Gasteiger charge is 2.25. The maximum Gasteiger partial charge on any atom is 0.242 e. The summed E-state index contributed by atoms with van der Waals surface area (Å²) < 4.78 is 12.7. The Labute approximate surface area is 204 Å². The summed E-state index contributed by atoms with van der Waals surface area (Å²) in [5, 5.41) is 7.24. The zero-order valence-electron chi connectivity index (χ0n) is 20.8. The van der Waals surface area contributed by atoms with E-state index in [0.29, 0.717) is 17.0 Å². The summed E-state index contributed by atoms with van der Waals surface area (Å²) in [6.07, 6.45) is 5.39. The fourth-order valence-corrected chi connectivity index (χ4v) is 3.89. The number of anilines is 2. The summed E-state index contributed by atoms with van der Waals surface area (Å²) in [6.45, 7) is 5.75. The fourth-order valence-electron chi connectivity index (χ4n) is 3.89. The molecule has 182 valence electrons. The molecule has 2 heterocycles. The Morgan fingerprint density at radius 2 is 1.69 bits per heavy atom. The second-order valence-corrected chi connectivity index (χ2v) is 8.61. The third-order valence-corrected chi connectivity index (χ3v) is 5.62. The summed E-state index contributed by atoms with van der Waals surface area (Å²) in [5.41, 5.74) is 4.61. The summed E-state index contributed by atoms with van der Waals surface area (Å²) in [7, 11) is 5.06. The lowest BCUT2D eigenvalue weighted by atomic mass is 10.1. The first-order valence-electron chi connectivity index (χ1n) is 11.4. The van der Waals surface area contributed by atoms with Crippen LogP contribution in [0.25, 0.3) is 22.3 Å². The monoisotopic (exact) mass is 474 g/mol. The maximum atomic E-state index is 13.1. The van der Waals surface area contributed by atoms with Crippen LogP contribution in [-0.2, 0) is 11.8 Å². The van der Waals surface area contributed by atoms with Gasteiger partial charge in [0.2, 0.25) is 5.91 Å². The summed E-state index contributed by atoms with van der Waals surface area (Å²) >= 11 is 0. The molecule has 0 aliphatic rings.